The molecule has 2 aromatic carbocycles. The van der Waals surface area contributed by atoms with Gasteiger partial charge in [-0.2, -0.15) is 0 Å². The molecule has 1 nitrogen and oxygen atoms in total. The summed E-state index contributed by atoms with van der Waals surface area (Å²) < 4.78 is 11.9. The number of hydrogen-bond acceptors (Lipinski definition) is 1. The highest BCUT2D eigenvalue weighted by Gasteiger charge is 1.99. The Labute approximate surface area is 105 Å². The van der Waals surface area contributed by atoms with Crippen molar-refractivity contribution < 1.29 is 9.18 Å². The molecular formula is C14H12ClFO. The van der Waals surface area contributed by atoms with Crippen LogP contribution >= 0.6 is 11.6 Å². The van der Waals surface area contributed by atoms with Gasteiger partial charge in [-0.3, -0.25) is 4.79 Å². The lowest BCUT2D eigenvalue weighted by molar-refractivity contribution is 0.102. The highest BCUT2D eigenvalue weighted by atomic mass is 35.5. The number of halogens is 2. The van der Waals surface area contributed by atoms with E-state index in [2.05, 4.69) is 0 Å². The lowest BCUT2D eigenvalue weighted by atomic mass is 10.2. The molecule has 3 heteroatoms. The van der Waals surface area contributed by atoms with E-state index in [0.717, 1.165) is 0 Å². The van der Waals surface area contributed by atoms with Crippen LogP contribution in [0.4, 0.5) is 4.39 Å². The van der Waals surface area contributed by atoms with E-state index in [9.17, 15) is 9.18 Å². The van der Waals surface area contributed by atoms with Crippen LogP contribution < -0.4 is 0 Å². The molecule has 0 radical (unpaired) electrons. The predicted octanol–water partition coefficient (Wildman–Crippen LogP) is 3.93. The van der Waals surface area contributed by atoms with Gasteiger partial charge in [0.05, 0.1) is 5.88 Å². The van der Waals surface area contributed by atoms with Crippen LogP contribution in [-0.4, -0.2) is 11.7 Å². The first-order valence-corrected chi connectivity index (χ1v) is 5.62. The van der Waals surface area contributed by atoms with Crippen molar-refractivity contribution in [1.29, 1.82) is 0 Å². The third kappa shape index (κ3) is 5.27. The van der Waals surface area contributed by atoms with Crippen LogP contribution in [0, 0.1) is 5.82 Å². The summed E-state index contributed by atoms with van der Waals surface area (Å²) in [5, 5.41) is 0. The van der Waals surface area contributed by atoms with Gasteiger partial charge < -0.3 is 0 Å². The van der Waals surface area contributed by atoms with Crippen molar-refractivity contribution in [3.63, 3.8) is 0 Å². The maximum Gasteiger partial charge on any atom is 0.177 e. The van der Waals surface area contributed by atoms with Crippen molar-refractivity contribution in [2.45, 2.75) is 0 Å². The zero-order chi connectivity index (χ0) is 12.5. The maximum atomic E-state index is 11.9. The smallest absolute Gasteiger partial charge is 0.177 e. The van der Waals surface area contributed by atoms with Crippen molar-refractivity contribution in [2.75, 3.05) is 5.88 Å². The summed E-state index contributed by atoms with van der Waals surface area (Å²) in [6, 6.07) is 17.0. The molecule has 2 aromatic rings. The van der Waals surface area contributed by atoms with Crippen molar-refractivity contribution >= 4 is 17.4 Å². The predicted molar refractivity (Wildman–Crippen MR) is 67.9 cm³/mol. The molecule has 0 aromatic heterocycles. The molecule has 17 heavy (non-hydrogen) atoms. The van der Waals surface area contributed by atoms with E-state index >= 15 is 0 Å². The molecule has 0 bridgehead atoms. The van der Waals surface area contributed by atoms with E-state index in [1.165, 1.54) is 12.1 Å². The van der Waals surface area contributed by atoms with Gasteiger partial charge in [-0.25, -0.2) is 4.39 Å². The fourth-order valence-corrected chi connectivity index (χ4v) is 1.27. The Bertz CT molecular complexity index is 442. The number of Topliss-reactive ketones (excluding diaryl/α,β-unsaturated/α-hetero) is 1. The third-order valence-electron chi connectivity index (χ3n) is 1.95. The van der Waals surface area contributed by atoms with Crippen LogP contribution in [0.1, 0.15) is 10.4 Å². The number of hydrogen-bond donors (Lipinski definition) is 0. The van der Waals surface area contributed by atoms with Crippen LogP contribution in [0.5, 0.6) is 0 Å². The summed E-state index contributed by atoms with van der Waals surface area (Å²) in [6.07, 6.45) is 0. The van der Waals surface area contributed by atoms with Crippen molar-refractivity contribution in [3.8, 4) is 0 Å². The van der Waals surface area contributed by atoms with E-state index < -0.39 is 0 Å². The number of carbonyl (C=O) groups excluding carboxylic acids is 1. The lowest BCUT2D eigenvalue weighted by Crippen LogP contribution is -1.98. The summed E-state index contributed by atoms with van der Waals surface area (Å²) in [4.78, 5) is 10.9. The first-order valence-electron chi connectivity index (χ1n) is 5.09. The molecule has 0 fully saturated rings. The topological polar surface area (TPSA) is 17.1 Å². The van der Waals surface area contributed by atoms with E-state index in [4.69, 9.17) is 11.6 Å². The molecule has 0 unspecified atom stereocenters. The van der Waals surface area contributed by atoms with Crippen LogP contribution in [0.15, 0.2) is 60.7 Å². The Hall–Kier alpha value is -1.67. The van der Waals surface area contributed by atoms with Crippen LogP contribution in [0.2, 0.25) is 0 Å². The minimum absolute atomic E-state index is 0.0257. The Balaban J connectivity index is 0.000000181. The molecule has 0 amide bonds. The second-order valence-electron chi connectivity index (χ2n) is 3.22. The average Bonchev–Trinajstić information content (AvgIpc) is 2.40. The Morgan fingerprint density at radius 2 is 1.41 bits per heavy atom. The Kier molecular flexibility index (Phi) is 5.97. The van der Waals surface area contributed by atoms with E-state index in [0.29, 0.717) is 5.56 Å². The molecule has 0 atom stereocenters. The Morgan fingerprint density at radius 1 is 0.941 bits per heavy atom. The number of ketones is 1. The van der Waals surface area contributed by atoms with Crippen molar-refractivity contribution in [2.24, 2.45) is 0 Å². The summed E-state index contributed by atoms with van der Waals surface area (Å²) in [6.45, 7) is 0. The van der Waals surface area contributed by atoms with Gasteiger partial charge in [0.1, 0.15) is 5.82 Å². The van der Waals surface area contributed by atoms with Gasteiger partial charge in [-0.1, -0.05) is 48.5 Å². The summed E-state index contributed by atoms with van der Waals surface area (Å²) in [5.41, 5.74) is 0.678. The zero-order valence-electron chi connectivity index (χ0n) is 9.14. The molecule has 0 aliphatic carbocycles. The summed E-state index contributed by atoms with van der Waals surface area (Å²) in [5.74, 6) is -0.144. The fourth-order valence-electron chi connectivity index (χ4n) is 1.12. The summed E-state index contributed by atoms with van der Waals surface area (Å²) >= 11 is 5.34. The van der Waals surface area contributed by atoms with Crippen LogP contribution in [-0.2, 0) is 0 Å². The number of rotatable bonds is 2. The number of benzene rings is 2. The average molecular weight is 251 g/mol. The molecular weight excluding hydrogens is 239 g/mol. The molecule has 0 spiro atoms. The molecule has 0 N–H and O–H groups in total. The van der Waals surface area contributed by atoms with Gasteiger partial charge in [-0.15, -0.1) is 11.6 Å². The molecule has 0 saturated heterocycles. The van der Waals surface area contributed by atoms with Gasteiger partial charge in [0.25, 0.3) is 0 Å². The first-order chi connectivity index (χ1) is 8.24. The lowest BCUT2D eigenvalue weighted by Gasteiger charge is -1.92. The minimum atomic E-state index is -0.178. The monoisotopic (exact) mass is 250 g/mol. The normalized spacial score (nSPS) is 9.06. The second kappa shape index (κ2) is 7.58. The van der Waals surface area contributed by atoms with Gasteiger partial charge in [0.2, 0.25) is 0 Å². The molecule has 88 valence electrons. The van der Waals surface area contributed by atoms with Gasteiger partial charge >= 0.3 is 0 Å². The molecule has 2 rings (SSSR count). The summed E-state index contributed by atoms with van der Waals surface area (Å²) in [7, 11) is 0. The van der Waals surface area contributed by atoms with E-state index in [1.807, 2.05) is 18.2 Å². The fraction of sp³-hybridized carbons (Fsp3) is 0.0714. The number of carbonyl (C=O) groups is 1. The van der Waals surface area contributed by atoms with Crippen LogP contribution in [0.25, 0.3) is 0 Å². The van der Waals surface area contributed by atoms with E-state index in [1.54, 1.807) is 30.3 Å². The zero-order valence-corrected chi connectivity index (χ0v) is 9.90. The standard InChI is InChI=1S/C8H7ClO.C6H5F/c9-6-8(10)7-4-2-1-3-5-7;7-6-4-2-1-3-5-6/h1-5H,6H2;1-5H. The first kappa shape index (κ1) is 13.4. The minimum Gasteiger partial charge on any atom is -0.293 e. The SMILES string of the molecule is Fc1ccccc1.O=C(CCl)c1ccccc1. The highest BCUT2D eigenvalue weighted by molar-refractivity contribution is 6.30. The van der Waals surface area contributed by atoms with Crippen LogP contribution in [0.3, 0.4) is 0 Å². The maximum absolute atomic E-state index is 11.9. The quantitative estimate of drug-likeness (QED) is 0.583. The van der Waals surface area contributed by atoms with Crippen molar-refractivity contribution in [3.05, 3.63) is 72.0 Å². The van der Waals surface area contributed by atoms with Gasteiger partial charge in [0, 0.05) is 5.56 Å². The number of alkyl halides is 1. The Morgan fingerprint density at radius 3 is 1.76 bits per heavy atom. The molecule has 0 aliphatic heterocycles. The van der Waals surface area contributed by atoms with Gasteiger partial charge in [-0.05, 0) is 12.1 Å². The van der Waals surface area contributed by atoms with Crippen molar-refractivity contribution in [1.82, 2.24) is 0 Å². The van der Waals surface area contributed by atoms with Gasteiger partial charge in [0.15, 0.2) is 5.78 Å². The van der Waals surface area contributed by atoms with E-state index in [-0.39, 0.29) is 17.5 Å². The largest absolute Gasteiger partial charge is 0.293 e. The molecule has 0 heterocycles. The molecule has 0 aliphatic rings. The molecule has 0 saturated carbocycles. The second-order valence-corrected chi connectivity index (χ2v) is 3.49. The highest BCUT2D eigenvalue weighted by Crippen LogP contribution is 2.00. The third-order valence-corrected chi connectivity index (χ3v) is 2.19.